The minimum Gasteiger partial charge on any atom is -0.376 e. The zero-order valence-electron chi connectivity index (χ0n) is 14.1. The number of rotatable bonds is 4. The highest BCUT2D eigenvalue weighted by molar-refractivity contribution is 5.28. The summed E-state index contributed by atoms with van der Waals surface area (Å²) in [5.41, 5.74) is 8.57. The first-order valence-electron chi connectivity index (χ1n) is 7.96. The van der Waals surface area contributed by atoms with Crippen molar-refractivity contribution in [3.63, 3.8) is 0 Å². The van der Waals surface area contributed by atoms with E-state index >= 15 is 0 Å². The highest BCUT2D eigenvalue weighted by Crippen LogP contribution is 2.31. The summed E-state index contributed by atoms with van der Waals surface area (Å²) in [5.74, 6) is 0. The van der Waals surface area contributed by atoms with E-state index in [0.29, 0.717) is 12.6 Å². The van der Waals surface area contributed by atoms with Crippen molar-refractivity contribution in [2.75, 3.05) is 26.2 Å². The third-order valence-electron chi connectivity index (χ3n) is 4.22. The Kier molecular flexibility index (Phi) is 5.07. The number of nitrogens with two attached hydrogens (primary N) is 1. The molecule has 0 saturated carbocycles. The molecule has 0 aromatic carbocycles. The number of ether oxygens (including phenoxy) is 1. The SMILES string of the molecule is CCC1CN(C(CN)c2cn(C)nc2C(C)(C)C)CCO1. The molecular weight excluding hydrogens is 264 g/mol. The molecule has 0 radical (unpaired) electrons. The van der Waals surface area contributed by atoms with Gasteiger partial charge in [-0.15, -0.1) is 0 Å². The second-order valence-electron chi connectivity index (χ2n) is 7.00. The van der Waals surface area contributed by atoms with Gasteiger partial charge in [0.15, 0.2) is 0 Å². The molecule has 0 amide bonds. The van der Waals surface area contributed by atoms with Gasteiger partial charge in [0.25, 0.3) is 0 Å². The summed E-state index contributed by atoms with van der Waals surface area (Å²) in [7, 11) is 1.99. The zero-order chi connectivity index (χ0) is 15.6. The number of morpholine rings is 1. The first-order chi connectivity index (χ1) is 9.86. The van der Waals surface area contributed by atoms with E-state index in [0.717, 1.165) is 31.8 Å². The molecule has 0 bridgehead atoms. The van der Waals surface area contributed by atoms with E-state index < -0.39 is 0 Å². The molecule has 5 nitrogen and oxygen atoms in total. The predicted molar refractivity (Wildman–Crippen MR) is 85.3 cm³/mol. The summed E-state index contributed by atoms with van der Waals surface area (Å²) in [6.45, 7) is 12.1. The zero-order valence-corrected chi connectivity index (χ0v) is 14.1. The van der Waals surface area contributed by atoms with E-state index in [9.17, 15) is 0 Å². The largest absolute Gasteiger partial charge is 0.376 e. The van der Waals surface area contributed by atoms with Crippen molar-refractivity contribution in [1.82, 2.24) is 14.7 Å². The number of hydrogen-bond donors (Lipinski definition) is 1. The topological polar surface area (TPSA) is 56.3 Å². The lowest BCUT2D eigenvalue weighted by Gasteiger charge is -2.38. The summed E-state index contributed by atoms with van der Waals surface area (Å²) < 4.78 is 7.70. The van der Waals surface area contributed by atoms with Gasteiger partial charge in [-0.2, -0.15) is 5.10 Å². The molecule has 0 aliphatic carbocycles. The third kappa shape index (κ3) is 3.65. The van der Waals surface area contributed by atoms with E-state index in [4.69, 9.17) is 10.5 Å². The first kappa shape index (κ1) is 16.5. The lowest BCUT2D eigenvalue weighted by atomic mass is 9.87. The molecule has 5 heteroatoms. The van der Waals surface area contributed by atoms with Gasteiger partial charge >= 0.3 is 0 Å². The summed E-state index contributed by atoms with van der Waals surface area (Å²) in [6.07, 6.45) is 3.50. The fourth-order valence-electron chi connectivity index (χ4n) is 3.08. The van der Waals surface area contributed by atoms with E-state index in [2.05, 4.69) is 43.9 Å². The summed E-state index contributed by atoms with van der Waals surface area (Å²) in [6, 6.07) is 0.228. The minimum atomic E-state index is 0.0282. The third-order valence-corrected chi connectivity index (χ3v) is 4.22. The second kappa shape index (κ2) is 6.46. The van der Waals surface area contributed by atoms with E-state index in [1.807, 2.05) is 11.7 Å². The molecule has 2 atom stereocenters. The lowest BCUT2D eigenvalue weighted by molar-refractivity contribution is -0.0439. The van der Waals surface area contributed by atoms with Crippen LogP contribution in [0.3, 0.4) is 0 Å². The molecule has 1 aromatic heterocycles. The molecular formula is C16H30N4O. The van der Waals surface area contributed by atoms with Crippen LogP contribution in [0.1, 0.15) is 51.4 Å². The molecule has 120 valence electrons. The molecule has 2 unspecified atom stereocenters. The van der Waals surface area contributed by atoms with Gasteiger partial charge in [-0.1, -0.05) is 27.7 Å². The van der Waals surface area contributed by atoms with Gasteiger partial charge in [0, 0.05) is 43.9 Å². The van der Waals surface area contributed by atoms with Crippen molar-refractivity contribution >= 4 is 0 Å². The number of aryl methyl sites for hydroxylation is 1. The van der Waals surface area contributed by atoms with Crippen molar-refractivity contribution in [2.45, 2.75) is 51.7 Å². The summed E-state index contributed by atoms with van der Waals surface area (Å²) in [5, 5.41) is 4.69. The van der Waals surface area contributed by atoms with Crippen molar-refractivity contribution in [3.05, 3.63) is 17.5 Å². The fraction of sp³-hybridized carbons (Fsp3) is 0.812. The quantitative estimate of drug-likeness (QED) is 0.920. The standard InChI is InChI=1S/C16H30N4O/c1-6-12-10-20(7-8-21-12)14(9-17)13-11-19(5)18-15(13)16(2,3)4/h11-12,14H,6-10,17H2,1-5H3. The Morgan fingerprint density at radius 2 is 2.19 bits per heavy atom. The molecule has 2 rings (SSSR count). The average molecular weight is 294 g/mol. The predicted octanol–water partition coefficient (Wildman–Crippen LogP) is 1.83. The Bertz CT molecular complexity index is 463. The maximum atomic E-state index is 6.12. The van der Waals surface area contributed by atoms with Crippen LogP contribution >= 0.6 is 0 Å². The Morgan fingerprint density at radius 3 is 2.76 bits per heavy atom. The van der Waals surface area contributed by atoms with Crippen molar-refractivity contribution in [2.24, 2.45) is 12.8 Å². The van der Waals surface area contributed by atoms with Crippen LogP contribution in [-0.4, -0.2) is 47.0 Å². The van der Waals surface area contributed by atoms with Crippen molar-refractivity contribution in [1.29, 1.82) is 0 Å². The van der Waals surface area contributed by atoms with Gasteiger partial charge in [0.05, 0.1) is 24.4 Å². The molecule has 1 saturated heterocycles. The Morgan fingerprint density at radius 1 is 1.48 bits per heavy atom. The van der Waals surface area contributed by atoms with E-state index in [1.165, 1.54) is 5.56 Å². The first-order valence-corrected chi connectivity index (χ1v) is 7.96. The van der Waals surface area contributed by atoms with Crippen LogP contribution in [0.4, 0.5) is 0 Å². The smallest absolute Gasteiger partial charge is 0.0726 e. The average Bonchev–Trinajstić information content (AvgIpc) is 2.82. The van der Waals surface area contributed by atoms with Crippen molar-refractivity contribution < 1.29 is 4.74 Å². The van der Waals surface area contributed by atoms with Crippen LogP contribution in [-0.2, 0) is 17.2 Å². The fourth-order valence-corrected chi connectivity index (χ4v) is 3.08. The normalized spacial score (nSPS) is 22.5. The molecule has 21 heavy (non-hydrogen) atoms. The molecule has 1 aliphatic heterocycles. The molecule has 1 aromatic rings. The van der Waals surface area contributed by atoms with Crippen molar-refractivity contribution in [3.8, 4) is 0 Å². The summed E-state index contributed by atoms with van der Waals surface area (Å²) in [4.78, 5) is 2.46. The van der Waals surface area contributed by atoms with Crippen LogP contribution in [0.15, 0.2) is 6.20 Å². The Labute approximate surface area is 128 Å². The van der Waals surface area contributed by atoms with Gasteiger partial charge < -0.3 is 10.5 Å². The summed E-state index contributed by atoms with van der Waals surface area (Å²) >= 11 is 0. The molecule has 2 heterocycles. The molecule has 2 N–H and O–H groups in total. The molecule has 1 aliphatic rings. The Balaban J connectivity index is 2.29. The minimum absolute atomic E-state index is 0.0282. The second-order valence-corrected chi connectivity index (χ2v) is 7.00. The van der Waals surface area contributed by atoms with Crippen LogP contribution < -0.4 is 5.73 Å². The maximum absolute atomic E-state index is 6.12. The number of hydrogen-bond acceptors (Lipinski definition) is 4. The Hall–Kier alpha value is -0.910. The lowest BCUT2D eigenvalue weighted by Crippen LogP contribution is -2.46. The van der Waals surface area contributed by atoms with E-state index in [1.54, 1.807) is 0 Å². The van der Waals surface area contributed by atoms with E-state index in [-0.39, 0.29) is 11.5 Å². The van der Waals surface area contributed by atoms with Gasteiger partial charge in [0.2, 0.25) is 0 Å². The molecule has 0 spiro atoms. The van der Waals surface area contributed by atoms with Crippen LogP contribution in [0.5, 0.6) is 0 Å². The molecule has 1 fully saturated rings. The van der Waals surface area contributed by atoms with Crippen LogP contribution in [0.25, 0.3) is 0 Å². The van der Waals surface area contributed by atoms with Gasteiger partial charge in [-0.25, -0.2) is 0 Å². The van der Waals surface area contributed by atoms with Crippen LogP contribution in [0.2, 0.25) is 0 Å². The van der Waals surface area contributed by atoms with Gasteiger partial charge in [-0.05, 0) is 6.42 Å². The van der Waals surface area contributed by atoms with Gasteiger partial charge in [-0.3, -0.25) is 9.58 Å². The number of aromatic nitrogens is 2. The number of nitrogens with zero attached hydrogens (tertiary/aromatic N) is 3. The highest BCUT2D eigenvalue weighted by atomic mass is 16.5. The van der Waals surface area contributed by atoms with Gasteiger partial charge in [0.1, 0.15) is 0 Å². The maximum Gasteiger partial charge on any atom is 0.0726 e. The highest BCUT2D eigenvalue weighted by Gasteiger charge is 2.31. The van der Waals surface area contributed by atoms with Crippen LogP contribution in [0, 0.1) is 0 Å². The monoisotopic (exact) mass is 294 g/mol.